The Bertz CT molecular complexity index is 657. The zero-order chi connectivity index (χ0) is 14.9. The van der Waals surface area contributed by atoms with Crippen molar-refractivity contribution >= 4 is 5.91 Å². The third-order valence-electron chi connectivity index (χ3n) is 2.64. The van der Waals surface area contributed by atoms with E-state index in [9.17, 15) is 4.79 Å². The van der Waals surface area contributed by atoms with E-state index < -0.39 is 0 Å². The fourth-order valence-corrected chi connectivity index (χ4v) is 1.70. The van der Waals surface area contributed by atoms with Gasteiger partial charge in [0.1, 0.15) is 5.56 Å². The van der Waals surface area contributed by atoms with Gasteiger partial charge in [0.2, 0.25) is 5.88 Å². The zero-order valence-corrected chi connectivity index (χ0v) is 11.8. The lowest BCUT2D eigenvalue weighted by Gasteiger charge is -2.07. The lowest BCUT2D eigenvalue weighted by molar-refractivity contribution is 0.0954. The van der Waals surface area contributed by atoms with E-state index in [1.54, 1.807) is 18.3 Å². The van der Waals surface area contributed by atoms with E-state index in [2.05, 4.69) is 22.1 Å². The summed E-state index contributed by atoms with van der Waals surface area (Å²) in [6.45, 7) is 2.58. The molecule has 0 saturated heterocycles. The first-order valence-corrected chi connectivity index (χ1v) is 6.71. The number of aromatic nitrogens is 1. The SMILES string of the molecule is CCOc1ncccc1C(=O)NCC#Cc1ccccc1. The summed E-state index contributed by atoms with van der Waals surface area (Å²) in [5, 5.41) is 2.74. The third kappa shape index (κ3) is 4.36. The van der Waals surface area contributed by atoms with Crippen molar-refractivity contribution in [3.05, 3.63) is 59.8 Å². The summed E-state index contributed by atoms with van der Waals surface area (Å²) in [7, 11) is 0. The molecule has 0 unspecified atom stereocenters. The summed E-state index contributed by atoms with van der Waals surface area (Å²) >= 11 is 0. The molecule has 0 fully saturated rings. The predicted octanol–water partition coefficient (Wildman–Crippen LogP) is 2.26. The molecule has 1 heterocycles. The molecule has 1 aromatic carbocycles. The minimum absolute atomic E-state index is 0.242. The first-order valence-electron chi connectivity index (χ1n) is 6.71. The van der Waals surface area contributed by atoms with E-state index in [1.165, 1.54) is 0 Å². The maximum Gasteiger partial charge on any atom is 0.257 e. The van der Waals surface area contributed by atoms with E-state index in [0.717, 1.165) is 5.56 Å². The second kappa shape index (κ2) is 7.71. The predicted molar refractivity (Wildman–Crippen MR) is 81.1 cm³/mol. The monoisotopic (exact) mass is 280 g/mol. The lowest BCUT2D eigenvalue weighted by Crippen LogP contribution is -2.24. The van der Waals surface area contributed by atoms with Gasteiger partial charge in [-0.25, -0.2) is 4.98 Å². The van der Waals surface area contributed by atoms with Crippen LogP contribution in [0.15, 0.2) is 48.7 Å². The fourth-order valence-electron chi connectivity index (χ4n) is 1.70. The summed E-state index contributed by atoms with van der Waals surface area (Å²) in [4.78, 5) is 16.1. The number of amides is 1. The van der Waals surface area contributed by atoms with Crippen LogP contribution in [0.25, 0.3) is 0 Å². The molecule has 4 heteroatoms. The van der Waals surface area contributed by atoms with Crippen molar-refractivity contribution in [1.29, 1.82) is 0 Å². The number of benzene rings is 1. The Morgan fingerprint density at radius 2 is 2.05 bits per heavy atom. The van der Waals surface area contributed by atoms with Crippen molar-refractivity contribution in [1.82, 2.24) is 10.3 Å². The van der Waals surface area contributed by atoms with Crippen LogP contribution < -0.4 is 10.1 Å². The molecule has 2 aromatic rings. The van der Waals surface area contributed by atoms with Gasteiger partial charge >= 0.3 is 0 Å². The van der Waals surface area contributed by atoms with Crippen molar-refractivity contribution in [2.75, 3.05) is 13.2 Å². The molecule has 1 aromatic heterocycles. The Kier molecular flexibility index (Phi) is 5.36. The zero-order valence-electron chi connectivity index (χ0n) is 11.8. The Labute approximate surface area is 124 Å². The van der Waals surface area contributed by atoms with Crippen LogP contribution in [-0.2, 0) is 0 Å². The molecule has 1 N–H and O–H groups in total. The quantitative estimate of drug-likeness (QED) is 0.874. The number of ether oxygens (including phenoxy) is 1. The van der Waals surface area contributed by atoms with Gasteiger partial charge < -0.3 is 10.1 Å². The van der Waals surface area contributed by atoms with Crippen LogP contribution in [0.1, 0.15) is 22.8 Å². The van der Waals surface area contributed by atoms with Gasteiger partial charge in [-0.2, -0.15) is 0 Å². The summed E-state index contributed by atoms with van der Waals surface area (Å²) in [6.07, 6.45) is 1.59. The Balaban J connectivity index is 1.95. The molecule has 1 amide bonds. The van der Waals surface area contributed by atoms with Gasteiger partial charge in [-0.1, -0.05) is 30.0 Å². The van der Waals surface area contributed by atoms with Crippen LogP contribution in [0, 0.1) is 11.8 Å². The van der Waals surface area contributed by atoms with Crippen molar-refractivity contribution in [2.24, 2.45) is 0 Å². The molecule has 21 heavy (non-hydrogen) atoms. The average Bonchev–Trinajstić information content (AvgIpc) is 2.53. The number of nitrogens with one attached hydrogen (secondary N) is 1. The first-order chi connectivity index (χ1) is 10.3. The van der Waals surface area contributed by atoms with Gasteiger partial charge in [-0.05, 0) is 31.2 Å². The molecule has 0 saturated carbocycles. The second-order valence-electron chi connectivity index (χ2n) is 4.14. The van der Waals surface area contributed by atoms with Crippen LogP contribution in [0.3, 0.4) is 0 Å². The normalized spacial score (nSPS) is 9.38. The highest BCUT2D eigenvalue weighted by Gasteiger charge is 2.11. The van der Waals surface area contributed by atoms with E-state index in [0.29, 0.717) is 18.1 Å². The second-order valence-corrected chi connectivity index (χ2v) is 4.14. The standard InChI is InChI=1S/C17H16N2O2/c1-2-21-17-15(11-7-13-19-17)16(20)18-12-6-10-14-8-4-3-5-9-14/h3-5,7-9,11,13H,2,12H2,1H3,(H,18,20). The van der Waals surface area contributed by atoms with Crippen molar-refractivity contribution in [3.8, 4) is 17.7 Å². The molecule has 2 rings (SSSR count). The van der Waals surface area contributed by atoms with Crippen LogP contribution in [0.2, 0.25) is 0 Å². The number of hydrogen-bond acceptors (Lipinski definition) is 3. The van der Waals surface area contributed by atoms with E-state index in [-0.39, 0.29) is 12.5 Å². The molecule has 0 radical (unpaired) electrons. The molecular weight excluding hydrogens is 264 g/mol. The molecule has 0 aliphatic heterocycles. The summed E-state index contributed by atoms with van der Waals surface area (Å²) in [6, 6.07) is 13.0. The minimum atomic E-state index is -0.242. The summed E-state index contributed by atoms with van der Waals surface area (Å²) in [5.74, 6) is 5.99. The van der Waals surface area contributed by atoms with Gasteiger partial charge in [0.25, 0.3) is 5.91 Å². The molecular formula is C17H16N2O2. The van der Waals surface area contributed by atoms with Crippen molar-refractivity contribution in [2.45, 2.75) is 6.92 Å². The van der Waals surface area contributed by atoms with Gasteiger partial charge in [0.05, 0.1) is 13.2 Å². The van der Waals surface area contributed by atoms with Gasteiger partial charge in [-0.3, -0.25) is 4.79 Å². The number of rotatable bonds is 4. The first kappa shape index (κ1) is 14.6. The smallest absolute Gasteiger partial charge is 0.257 e. The Hall–Kier alpha value is -2.80. The van der Waals surface area contributed by atoms with Crippen LogP contribution in [0.4, 0.5) is 0 Å². The maximum absolute atomic E-state index is 12.1. The number of pyridine rings is 1. The largest absolute Gasteiger partial charge is 0.477 e. The minimum Gasteiger partial charge on any atom is -0.477 e. The van der Waals surface area contributed by atoms with Crippen molar-refractivity contribution < 1.29 is 9.53 Å². The number of carbonyl (C=O) groups is 1. The summed E-state index contributed by atoms with van der Waals surface area (Å²) < 4.78 is 5.33. The molecule has 0 aliphatic rings. The Morgan fingerprint density at radius 3 is 2.81 bits per heavy atom. The topological polar surface area (TPSA) is 51.2 Å². The molecule has 0 aliphatic carbocycles. The average molecular weight is 280 g/mol. The van der Waals surface area contributed by atoms with Gasteiger partial charge in [-0.15, -0.1) is 0 Å². The summed E-state index contributed by atoms with van der Waals surface area (Å²) in [5.41, 5.74) is 1.34. The molecule has 0 spiro atoms. The number of carbonyl (C=O) groups excluding carboxylic acids is 1. The molecule has 4 nitrogen and oxygen atoms in total. The van der Waals surface area contributed by atoms with E-state index in [1.807, 2.05) is 37.3 Å². The van der Waals surface area contributed by atoms with Crippen molar-refractivity contribution in [3.63, 3.8) is 0 Å². The third-order valence-corrected chi connectivity index (χ3v) is 2.64. The van der Waals surface area contributed by atoms with E-state index >= 15 is 0 Å². The Morgan fingerprint density at radius 1 is 1.24 bits per heavy atom. The van der Waals surface area contributed by atoms with Crippen LogP contribution in [-0.4, -0.2) is 24.0 Å². The molecule has 106 valence electrons. The van der Waals surface area contributed by atoms with Gasteiger partial charge in [0.15, 0.2) is 0 Å². The lowest BCUT2D eigenvalue weighted by atomic mass is 10.2. The van der Waals surface area contributed by atoms with E-state index in [4.69, 9.17) is 4.74 Å². The number of nitrogens with zero attached hydrogens (tertiary/aromatic N) is 1. The highest BCUT2D eigenvalue weighted by atomic mass is 16.5. The molecule has 0 atom stereocenters. The highest BCUT2D eigenvalue weighted by Crippen LogP contribution is 2.13. The maximum atomic E-state index is 12.1. The fraction of sp³-hybridized carbons (Fsp3) is 0.176. The van der Waals surface area contributed by atoms with Crippen LogP contribution >= 0.6 is 0 Å². The number of hydrogen-bond donors (Lipinski definition) is 1. The molecule has 0 bridgehead atoms. The van der Waals surface area contributed by atoms with Gasteiger partial charge in [0, 0.05) is 11.8 Å². The highest BCUT2D eigenvalue weighted by molar-refractivity contribution is 5.96. The van der Waals surface area contributed by atoms with Crippen LogP contribution in [0.5, 0.6) is 5.88 Å².